The van der Waals surface area contributed by atoms with Crippen molar-refractivity contribution in [3.05, 3.63) is 0 Å². The third-order valence-corrected chi connectivity index (χ3v) is 2.46. The molecule has 0 aliphatic heterocycles. The predicted molar refractivity (Wildman–Crippen MR) is 57.0 cm³/mol. The molecule has 1 rings (SSSR count). The quantitative estimate of drug-likeness (QED) is 0.499. The lowest BCUT2D eigenvalue weighted by Crippen LogP contribution is -1.92. The first kappa shape index (κ1) is 12.1. The summed E-state index contributed by atoms with van der Waals surface area (Å²) < 4.78 is 0. The van der Waals surface area contributed by atoms with Crippen molar-refractivity contribution in [3.8, 4) is 0 Å². The van der Waals surface area contributed by atoms with Gasteiger partial charge in [-0.2, -0.15) is 0 Å². The van der Waals surface area contributed by atoms with Crippen molar-refractivity contribution in [2.45, 2.75) is 39.5 Å². The third-order valence-electron chi connectivity index (χ3n) is 2.46. The maximum Gasteiger partial charge on any atom is 0.326 e. The van der Waals surface area contributed by atoms with E-state index in [0.29, 0.717) is 0 Å². The van der Waals surface area contributed by atoms with Gasteiger partial charge >= 0.3 is 6.73 Å². The predicted octanol–water partition coefficient (Wildman–Crippen LogP) is 4.01. The molecule has 1 fully saturated rings. The second kappa shape index (κ2) is 5.68. The highest BCUT2D eigenvalue weighted by atomic mass is 35.8. The van der Waals surface area contributed by atoms with Crippen molar-refractivity contribution in [2.75, 3.05) is 0 Å². The van der Waals surface area contributed by atoms with E-state index in [-0.39, 0.29) is 0 Å². The topological polar surface area (TPSA) is 0 Å². The molecule has 0 aromatic rings. The molecule has 0 N–H and O–H groups in total. The Kier molecular flexibility index (Phi) is 6.25. The summed E-state index contributed by atoms with van der Waals surface area (Å²) in [6.07, 6.45) is 5.81. The van der Waals surface area contributed by atoms with Crippen LogP contribution in [-0.2, 0) is 0 Å². The molecule has 68 valence electrons. The lowest BCUT2D eigenvalue weighted by Gasteiger charge is -2.04. The summed E-state index contributed by atoms with van der Waals surface area (Å²) >= 11 is 14.8. The van der Waals surface area contributed by atoms with E-state index < -0.39 is 6.73 Å². The fraction of sp³-hybridized carbons (Fsp3) is 1.00. The highest BCUT2D eigenvalue weighted by molar-refractivity contribution is 7.54. The van der Waals surface area contributed by atoms with Crippen LogP contribution < -0.4 is 0 Å². The van der Waals surface area contributed by atoms with Gasteiger partial charge in [-0.1, -0.05) is 26.7 Å². The molecular weight excluding hydrogens is 219 g/mol. The molecule has 1 saturated carbocycles. The number of hydrogen-bond acceptors (Lipinski definition) is 0. The molecule has 0 aromatic heterocycles. The average Bonchev–Trinajstić information content (AvgIpc) is 2.66. The molecule has 0 aromatic carbocycles. The van der Waals surface area contributed by atoms with Crippen LogP contribution >= 0.6 is 33.2 Å². The lowest BCUT2D eigenvalue weighted by molar-refractivity contribution is 0.474. The van der Waals surface area contributed by atoms with Crippen LogP contribution in [0.1, 0.15) is 39.5 Å². The Morgan fingerprint density at radius 3 is 1.36 bits per heavy atom. The zero-order valence-electron chi connectivity index (χ0n) is 7.04. The molecular formula is C7H15Cl3Si. The molecule has 0 unspecified atom stereocenters. The maximum absolute atomic E-state index is 4.94. The van der Waals surface area contributed by atoms with Crippen LogP contribution in [0.4, 0.5) is 0 Å². The summed E-state index contributed by atoms with van der Waals surface area (Å²) in [7, 11) is 0. The van der Waals surface area contributed by atoms with Gasteiger partial charge in [0.1, 0.15) is 0 Å². The maximum atomic E-state index is 4.94. The Bertz CT molecular complexity index is 93.1. The van der Waals surface area contributed by atoms with Crippen LogP contribution in [0.2, 0.25) is 0 Å². The smallest absolute Gasteiger partial charge is 0.130 e. The summed E-state index contributed by atoms with van der Waals surface area (Å²) in [5.74, 6) is 0. The monoisotopic (exact) mass is 232 g/mol. The number of rotatable bonds is 2. The van der Waals surface area contributed by atoms with Crippen molar-refractivity contribution in [3.63, 3.8) is 0 Å². The van der Waals surface area contributed by atoms with Gasteiger partial charge in [0.05, 0.1) is 0 Å². The van der Waals surface area contributed by atoms with Crippen LogP contribution in [0.15, 0.2) is 0 Å². The molecule has 0 radical (unpaired) electrons. The summed E-state index contributed by atoms with van der Waals surface area (Å²) in [6.45, 7) is 2.88. The van der Waals surface area contributed by atoms with Crippen molar-refractivity contribution >= 4 is 40.0 Å². The SMILES string of the molecule is CCC1(CC)CC1.Cl[SiH](Cl)Cl. The van der Waals surface area contributed by atoms with Gasteiger partial charge < -0.3 is 0 Å². The minimum Gasteiger partial charge on any atom is -0.130 e. The fourth-order valence-corrected chi connectivity index (χ4v) is 1.13. The van der Waals surface area contributed by atoms with Crippen LogP contribution in [-0.4, -0.2) is 6.73 Å². The number of hydrogen-bond donors (Lipinski definition) is 0. The molecule has 0 saturated heterocycles. The van der Waals surface area contributed by atoms with Crippen LogP contribution in [0.3, 0.4) is 0 Å². The minimum absolute atomic E-state index is 0.833. The molecule has 1 aliphatic carbocycles. The highest BCUT2D eigenvalue weighted by Gasteiger charge is 2.37. The first-order valence-electron chi connectivity index (χ1n) is 3.98. The second-order valence-corrected chi connectivity index (χ2v) is 9.39. The summed E-state index contributed by atoms with van der Waals surface area (Å²) in [5.41, 5.74) is 0.833. The summed E-state index contributed by atoms with van der Waals surface area (Å²) in [6, 6.07) is 0. The van der Waals surface area contributed by atoms with Crippen molar-refractivity contribution < 1.29 is 0 Å². The Hall–Kier alpha value is 1.09. The van der Waals surface area contributed by atoms with E-state index in [9.17, 15) is 0 Å². The van der Waals surface area contributed by atoms with Gasteiger partial charge in [-0.25, -0.2) is 0 Å². The van der Waals surface area contributed by atoms with Crippen LogP contribution in [0.5, 0.6) is 0 Å². The van der Waals surface area contributed by atoms with Gasteiger partial charge in [0.2, 0.25) is 0 Å². The van der Waals surface area contributed by atoms with Crippen molar-refractivity contribution in [1.82, 2.24) is 0 Å². The van der Waals surface area contributed by atoms with E-state index in [1.54, 1.807) is 0 Å². The minimum atomic E-state index is -1.72. The molecule has 0 heterocycles. The Morgan fingerprint density at radius 2 is 1.36 bits per heavy atom. The standard InChI is InChI=1S/C7H14.Cl3HSi/c1-3-7(4-2)5-6-7;1-4(2)3/h3-6H2,1-2H3;4H. The summed E-state index contributed by atoms with van der Waals surface area (Å²) in [4.78, 5) is 0. The zero-order valence-corrected chi connectivity index (χ0v) is 10.5. The van der Waals surface area contributed by atoms with Crippen LogP contribution in [0, 0.1) is 5.41 Å². The molecule has 0 nitrogen and oxygen atoms in total. The van der Waals surface area contributed by atoms with E-state index in [1.807, 2.05) is 0 Å². The highest BCUT2D eigenvalue weighted by Crippen LogP contribution is 2.51. The van der Waals surface area contributed by atoms with E-state index in [1.165, 1.54) is 25.7 Å². The Labute approximate surface area is 84.9 Å². The van der Waals surface area contributed by atoms with Crippen molar-refractivity contribution in [1.29, 1.82) is 0 Å². The number of halogens is 3. The van der Waals surface area contributed by atoms with Gasteiger partial charge in [0.15, 0.2) is 0 Å². The average molecular weight is 234 g/mol. The largest absolute Gasteiger partial charge is 0.326 e. The molecule has 11 heavy (non-hydrogen) atoms. The molecule has 4 heteroatoms. The van der Waals surface area contributed by atoms with E-state index in [4.69, 9.17) is 33.2 Å². The first-order chi connectivity index (χ1) is 5.06. The molecule has 0 atom stereocenters. The Balaban J connectivity index is 0.000000218. The van der Waals surface area contributed by atoms with E-state index in [0.717, 1.165) is 5.41 Å². The van der Waals surface area contributed by atoms with Crippen molar-refractivity contribution in [2.24, 2.45) is 5.41 Å². The normalized spacial score (nSPS) is 19.1. The van der Waals surface area contributed by atoms with Gasteiger partial charge in [0.25, 0.3) is 0 Å². The van der Waals surface area contributed by atoms with Gasteiger partial charge in [-0.15, -0.1) is 33.2 Å². The second-order valence-electron chi connectivity index (χ2n) is 2.95. The Morgan fingerprint density at radius 1 is 1.09 bits per heavy atom. The zero-order chi connectivity index (χ0) is 8.91. The van der Waals surface area contributed by atoms with Gasteiger partial charge in [0, 0.05) is 0 Å². The molecule has 1 aliphatic rings. The fourth-order valence-electron chi connectivity index (χ4n) is 1.13. The molecule has 0 bridgehead atoms. The van der Waals surface area contributed by atoms with Crippen LogP contribution in [0.25, 0.3) is 0 Å². The molecule has 0 spiro atoms. The van der Waals surface area contributed by atoms with Gasteiger partial charge in [-0.3, -0.25) is 0 Å². The van der Waals surface area contributed by atoms with E-state index in [2.05, 4.69) is 13.8 Å². The third kappa shape index (κ3) is 6.27. The molecule has 0 amide bonds. The first-order valence-corrected chi connectivity index (χ1v) is 9.22. The van der Waals surface area contributed by atoms with E-state index >= 15 is 0 Å². The summed E-state index contributed by atoms with van der Waals surface area (Å²) in [5, 5.41) is 0. The lowest BCUT2D eigenvalue weighted by atomic mass is 10.0. The van der Waals surface area contributed by atoms with Gasteiger partial charge in [-0.05, 0) is 18.3 Å².